The molecule has 0 saturated heterocycles. The van der Waals surface area contributed by atoms with E-state index in [-0.39, 0.29) is 12.2 Å². The van der Waals surface area contributed by atoms with Crippen LogP contribution >= 0.6 is 0 Å². The number of rotatable bonds is 24. The number of hydrogen-bond donors (Lipinski definition) is 2. The summed E-state index contributed by atoms with van der Waals surface area (Å²) in [5.41, 5.74) is 0. The molecule has 0 spiro atoms. The second-order valence-electron chi connectivity index (χ2n) is 9.58. The SMILES string of the molecule is CCCCCCCC/C=C\CCCCCCCCN(CC(O)CCC)CC(O)CCC. The third kappa shape index (κ3) is 22.6. The van der Waals surface area contributed by atoms with Crippen LogP contribution in [0, 0.1) is 0 Å². The molecule has 3 nitrogen and oxygen atoms in total. The predicted molar refractivity (Wildman–Crippen MR) is 138 cm³/mol. The molecule has 0 rings (SSSR count). The number of aliphatic hydroxyl groups excluding tert-OH is 2. The Labute approximate surface area is 195 Å². The summed E-state index contributed by atoms with van der Waals surface area (Å²) in [5, 5.41) is 20.3. The Bertz CT molecular complexity index is 358. The molecule has 0 aromatic carbocycles. The summed E-state index contributed by atoms with van der Waals surface area (Å²) in [6.45, 7) is 8.93. The molecule has 0 radical (unpaired) electrons. The van der Waals surface area contributed by atoms with E-state index in [1.54, 1.807) is 0 Å². The van der Waals surface area contributed by atoms with Gasteiger partial charge in [-0.2, -0.15) is 0 Å². The van der Waals surface area contributed by atoms with Gasteiger partial charge in [0.1, 0.15) is 0 Å². The van der Waals surface area contributed by atoms with E-state index in [0.29, 0.717) is 13.1 Å². The van der Waals surface area contributed by atoms with Crippen molar-refractivity contribution in [2.75, 3.05) is 19.6 Å². The average Bonchev–Trinajstić information content (AvgIpc) is 2.73. The summed E-state index contributed by atoms with van der Waals surface area (Å²) in [6.07, 6.45) is 26.6. The van der Waals surface area contributed by atoms with Crippen LogP contribution in [0.15, 0.2) is 12.2 Å². The molecule has 0 aliphatic heterocycles. The molecular weight excluding hydrogens is 382 g/mol. The first kappa shape index (κ1) is 30.6. The fourth-order valence-corrected chi connectivity index (χ4v) is 4.29. The van der Waals surface area contributed by atoms with Crippen LogP contribution in [0.3, 0.4) is 0 Å². The molecule has 0 saturated carbocycles. The lowest BCUT2D eigenvalue weighted by molar-refractivity contribution is 0.0612. The minimum absolute atomic E-state index is 0.257. The quantitative estimate of drug-likeness (QED) is 0.120. The Hall–Kier alpha value is -0.380. The molecule has 0 heterocycles. The monoisotopic (exact) mass is 439 g/mol. The Morgan fingerprint density at radius 3 is 1.42 bits per heavy atom. The number of nitrogens with zero attached hydrogens (tertiary/aromatic N) is 1. The van der Waals surface area contributed by atoms with Gasteiger partial charge in [0.15, 0.2) is 0 Å². The lowest BCUT2D eigenvalue weighted by Gasteiger charge is -2.27. The van der Waals surface area contributed by atoms with E-state index in [0.717, 1.165) is 32.2 Å². The van der Waals surface area contributed by atoms with E-state index < -0.39 is 0 Å². The van der Waals surface area contributed by atoms with Crippen LogP contribution in [0.1, 0.15) is 136 Å². The standard InChI is InChI=1S/C28H57NO2/c1-4-7-8-9-10-11-12-13-14-15-16-17-18-19-20-21-24-29(25-27(30)22-5-2)26-28(31)23-6-3/h13-14,27-28,30-31H,4-12,15-26H2,1-3H3/b14-13-. The van der Waals surface area contributed by atoms with Crippen molar-refractivity contribution in [1.29, 1.82) is 0 Å². The van der Waals surface area contributed by atoms with E-state index in [4.69, 9.17) is 0 Å². The van der Waals surface area contributed by atoms with E-state index in [1.165, 1.54) is 89.9 Å². The first-order valence-electron chi connectivity index (χ1n) is 13.9. The maximum absolute atomic E-state index is 10.2. The topological polar surface area (TPSA) is 43.7 Å². The molecule has 0 bridgehead atoms. The first-order valence-corrected chi connectivity index (χ1v) is 13.9. The van der Waals surface area contributed by atoms with Crippen molar-refractivity contribution < 1.29 is 10.2 Å². The van der Waals surface area contributed by atoms with Crippen LogP contribution in [0.25, 0.3) is 0 Å². The fourth-order valence-electron chi connectivity index (χ4n) is 4.29. The summed E-state index contributed by atoms with van der Waals surface area (Å²) in [7, 11) is 0. The summed E-state index contributed by atoms with van der Waals surface area (Å²) in [6, 6.07) is 0. The van der Waals surface area contributed by atoms with Gasteiger partial charge in [-0.3, -0.25) is 4.90 Å². The first-order chi connectivity index (χ1) is 15.1. The van der Waals surface area contributed by atoms with Crippen LogP contribution in [-0.2, 0) is 0 Å². The van der Waals surface area contributed by atoms with Crippen molar-refractivity contribution in [2.45, 2.75) is 149 Å². The smallest absolute Gasteiger partial charge is 0.0667 e. The number of aliphatic hydroxyl groups is 2. The van der Waals surface area contributed by atoms with E-state index >= 15 is 0 Å². The number of unbranched alkanes of at least 4 members (excludes halogenated alkanes) is 12. The summed E-state index contributed by atoms with van der Waals surface area (Å²) >= 11 is 0. The van der Waals surface area contributed by atoms with Crippen LogP contribution in [0.5, 0.6) is 0 Å². The predicted octanol–water partition coefficient (Wildman–Crippen LogP) is 7.65. The highest BCUT2D eigenvalue weighted by Gasteiger charge is 2.14. The Morgan fingerprint density at radius 1 is 0.548 bits per heavy atom. The fraction of sp³-hybridized carbons (Fsp3) is 0.929. The minimum atomic E-state index is -0.257. The van der Waals surface area contributed by atoms with Crippen molar-refractivity contribution in [2.24, 2.45) is 0 Å². The van der Waals surface area contributed by atoms with Crippen LogP contribution in [0.4, 0.5) is 0 Å². The normalized spacial score (nSPS) is 14.0. The van der Waals surface area contributed by atoms with Crippen molar-refractivity contribution in [1.82, 2.24) is 4.90 Å². The van der Waals surface area contributed by atoms with Crippen molar-refractivity contribution >= 4 is 0 Å². The zero-order chi connectivity index (χ0) is 23.0. The van der Waals surface area contributed by atoms with Crippen molar-refractivity contribution in [3.8, 4) is 0 Å². The summed E-state index contributed by atoms with van der Waals surface area (Å²) in [5.74, 6) is 0. The lowest BCUT2D eigenvalue weighted by atomic mass is 10.1. The van der Waals surface area contributed by atoms with Gasteiger partial charge in [-0.05, 0) is 51.5 Å². The molecule has 0 aromatic heterocycles. The average molecular weight is 440 g/mol. The number of hydrogen-bond acceptors (Lipinski definition) is 3. The maximum atomic E-state index is 10.2. The van der Waals surface area contributed by atoms with Gasteiger partial charge in [0, 0.05) is 13.1 Å². The Balaban J connectivity index is 3.67. The molecule has 2 atom stereocenters. The van der Waals surface area contributed by atoms with Gasteiger partial charge in [0.2, 0.25) is 0 Å². The summed E-state index contributed by atoms with van der Waals surface area (Å²) in [4.78, 5) is 2.29. The molecule has 2 N–H and O–H groups in total. The van der Waals surface area contributed by atoms with Gasteiger partial charge in [-0.1, -0.05) is 104 Å². The molecule has 0 aliphatic rings. The van der Waals surface area contributed by atoms with Crippen LogP contribution in [0.2, 0.25) is 0 Å². The molecule has 0 fully saturated rings. The van der Waals surface area contributed by atoms with Gasteiger partial charge >= 0.3 is 0 Å². The second-order valence-corrected chi connectivity index (χ2v) is 9.58. The highest BCUT2D eigenvalue weighted by molar-refractivity contribution is 4.81. The Kier molecular flexibility index (Phi) is 24.0. The van der Waals surface area contributed by atoms with Gasteiger partial charge in [-0.25, -0.2) is 0 Å². The molecule has 2 unspecified atom stereocenters. The van der Waals surface area contributed by atoms with Crippen LogP contribution < -0.4 is 0 Å². The minimum Gasteiger partial charge on any atom is -0.392 e. The van der Waals surface area contributed by atoms with Gasteiger partial charge in [0.05, 0.1) is 12.2 Å². The largest absolute Gasteiger partial charge is 0.392 e. The zero-order valence-electron chi connectivity index (χ0n) is 21.5. The van der Waals surface area contributed by atoms with Gasteiger partial charge in [-0.15, -0.1) is 0 Å². The van der Waals surface area contributed by atoms with Crippen molar-refractivity contribution in [3.63, 3.8) is 0 Å². The molecular formula is C28H57NO2. The van der Waals surface area contributed by atoms with Crippen LogP contribution in [-0.4, -0.2) is 47.0 Å². The third-order valence-corrected chi connectivity index (χ3v) is 6.17. The third-order valence-electron chi connectivity index (χ3n) is 6.17. The maximum Gasteiger partial charge on any atom is 0.0667 e. The molecule has 31 heavy (non-hydrogen) atoms. The van der Waals surface area contributed by atoms with Gasteiger partial charge in [0.25, 0.3) is 0 Å². The highest BCUT2D eigenvalue weighted by atomic mass is 16.3. The molecule has 0 aromatic rings. The highest BCUT2D eigenvalue weighted by Crippen LogP contribution is 2.11. The van der Waals surface area contributed by atoms with E-state index in [9.17, 15) is 10.2 Å². The second kappa shape index (κ2) is 24.3. The zero-order valence-corrected chi connectivity index (χ0v) is 21.5. The van der Waals surface area contributed by atoms with Gasteiger partial charge < -0.3 is 10.2 Å². The molecule has 3 heteroatoms. The molecule has 0 amide bonds. The lowest BCUT2D eigenvalue weighted by Crippen LogP contribution is -2.38. The molecule has 0 aliphatic carbocycles. The van der Waals surface area contributed by atoms with E-state index in [2.05, 4.69) is 37.8 Å². The van der Waals surface area contributed by atoms with Crippen molar-refractivity contribution in [3.05, 3.63) is 12.2 Å². The summed E-state index contributed by atoms with van der Waals surface area (Å²) < 4.78 is 0. The Morgan fingerprint density at radius 2 is 0.968 bits per heavy atom. The molecule has 186 valence electrons. The number of allylic oxidation sites excluding steroid dienone is 2. The van der Waals surface area contributed by atoms with E-state index in [1.807, 2.05) is 0 Å².